The van der Waals surface area contributed by atoms with E-state index in [4.69, 9.17) is 4.74 Å². The summed E-state index contributed by atoms with van der Waals surface area (Å²) < 4.78 is 4.81. The second-order valence-electron chi connectivity index (χ2n) is 2.71. The molecule has 2 aromatic rings. The molecule has 96 valence electrons. The molecule has 0 fully saturated rings. The maximum atomic E-state index is 11.3. The fraction of sp³-hybridized carbons (Fsp3) is 0.364. The lowest BCUT2D eigenvalue weighted by molar-refractivity contribution is 0.0525. The van der Waals surface area contributed by atoms with Crippen LogP contribution in [0, 0.1) is 0 Å². The van der Waals surface area contributed by atoms with Crippen molar-refractivity contribution in [1.82, 2.24) is 20.2 Å². The van der Waals surface area contributed by atoms with Crippen LogP contribution in [0.3, 0.4) is 0 Å². The second kappa shape index (κ2) is 7.44. The summed E-state index contributed by atoms with van der Waals surface area (Å²) >= 11 is 1.11. The topological polar surface area (TPSA) is 77.9 Å². The van der Waals surface area contributed by atoms with E-state index in [2.05, 4.69) is 20.2 Å². The highest BCUT2D eigenvalue weighted by Gasteiger charge is 2.15. The van der Waals surface area contributed by atoms with Crippen molar-refractivity contribution < 1.29 is 9.53 Å². The van der Waals surface area contributed by atoms with E-state index in [1.807, 2.05) is 13.8 Å². The number of carbonyl (C=O) groups is 1. The van der Waals surface area contributed by atoms with Crippen LogP contribution in [0.4, 0.5) is 0 Å². The molecule has 0 aliphatic heterocycles. The minimum atomic E-state index is -0.470. The molecule has 0 radical (unpaired) electrons. The number of hydrogen-bond donors (Lipinski definition) is 0. The molecule has 0 aliphatic carbocycles. The molecule has 0 saturated heterocycles. The fourth-order valence-corrected chi connectivity index (χ4v) is 1.68. The van der Waals surface area contributed by atoms with Gasteiger partial charge in [-0.15, -0.1) is 10.2 Å². The van der Waals surface area contributed by atoms with Crippen LogP contribution in [0.5, 0.6) is 0 Å². The summed E-state index contributed by atoms with van der Waals surface area (Å²) in [5, 5.41) is 8.27. The molecular formula is C11H14N4O2S. The van der Waals surface area contributed by atoms with Crippen LogP contribution < -0.4 is 0 Å². The maximum Gasteiger partial charge on any atom is 0.369 e. The zero-order valence-electron chi connectivity index (χ0n) is 10.5. The van der Waals surface area contributed by atoms with Gasteiger partial charge >= 0.3 is 5.97 Å². The van der Waals surface area contributed by atoms with Crippen molar-refractivity contribution in [3.8, 4) is 10.8 Å². The molecule has 0 saturated carbocycles. The molecule has 0 spiro atoms. The van der Waals surface area contributed by atoms with Crippen LogP contribution in [0.15, 0.2) is 18.5 Å². The van der Waals surface area contributed by atoms with E-state index in [1.54, 1.807) is 25.4 Å². The van der Waals surface area contributed by atoms with Gasteiger partial charge in [0.05, 0.1) is 6.61 Å². The average molecular weight is 266 g/mol. The minimum absolute atomic E-state index is 0.212. The molecular weight excluding hydrogens is 252 g/mol. The van der Waals surface area contributed by atoms with Crippen molar-refractivity contribution in [2.45, 2.75) is 20.8 Å². The lowest BCUT2D eigenvalue weighted by Crippen LogP contribution is -2.03. The smallest absolute Gasteiger partial charge is 0.369 e. The predicted octanol–water partition coefficient (Wildman–Crippen LogP) is 2.20. The van der Waals surface area contributed by atoms with E-state index in [9.17, 15) is 4.79 Å². The normalized spacial score (nSPS) is 9.28. The number of esters is 1. The number of ether oxygens (including phenoxy) is 1. The number of rotatable bonds is 3. The number of hydrogen-bond acceptors (Lipinski definition) is 7. The highest BCUT2D eigenvalue weighted by molar-refractivity contribution is 7.16. The predicted molar refractivity (Wildman–Crippen MR) is 68.2 cm³/mol. The van der Waals surface area contributed by atoms with Crippen molar-refractivity contribution in [2.75, 3.05) is 6.61 Å². The monoisotopic (exact) mass is 266 g/mol. The van der Waals surface area contributed by atoms with Crippen molar-refractivity contribution in [3.05, 3.63) is 23.5 Å². The van der Waals surface area contributed by atoms with Gasteiger partial charge < -0.3 is 4.74 Å². The molecule has 0 unspecified atom stereocenters. The lowest BCUT2D eigenvalue weighted by Gasteiger charge is -1.94. The van der Waals surface area contributed by atoms with Gasteiger partial charge in [-0.3, -0.25) is 0 Å². The molecule has 0 aliphatic rings. The third-order valence-corrected chi connectivity index (χ3v) is 2.53. The highest BCUT2D eigenvalue weighted by Crippen LogP contribution is 2.19. The van der Waals surface area contributed by atoms with E-state index >= 15 is 0 Å². The Hall–Kier alpha value is -1.89. The van der Waals surface area contributed by atoms with Crippen LogP contribution in [0.1, 0.15) is 30.6 Å². The molecule has 18 heavy (non-hydrogen) atoms. The number of carbonyl (C=O) groups excluding carboxylic acids is 1. The Morgan fingerprint density at radius 1 is 1.28 bits per heavy atom. The number of nitrogens with zero attached hydrogens (tertiary/aromatic N) is 4. The summed E-state index contributed by atoms with van der Waals surface area (Å²) in [4.78, 5) is 19.4. The molecule has 2 rings (SSSR count). The van der Waals surface area contributed by atoms with Gasteiger partial charge in [0.1, 0.15) is 0 Å². The Balaban J connectivity index is 0.000000771. The average Bonchev–Trinajstić information content (AvgIpc) is 2.92. The van der Waals surface area contributed by atoms with E-state index in [0.29, 0.717) is 17.4 Å². The Kier molecular flexibility index (Phi) is 5.86. The van der Waals surface area contributed by atoms with Gasteiger partial charge in [0.2, 0.25) is 5.01 Å². The van der Waals surface area contributed by atoms with Gasteiger partial charge in [0.15, 0.2) is 10.8 Å². The first-order valence-corrected chi connectivity index (χ1v) is 6.41. The summed E-state index contributed by atoms with van der Waals surface area (Å²) in [5.41, 5.74) is 0. The molecule has 0 aromatic carbocycles. The third kappa shape index (κ3) is 3.56. The Morgan fingerprint density at radius 2 is 1.94 bits per heavy atom. The molecule has 0 amide bonds. The summed E-state index contributed by atoms with van der Waals surface area (Å²) in [5.74, 6) is -0.0160. The molecule has 0 bridgehead atoms. The van der Waals surface area contributed by atoms with E-state index in [1.165, 1.54) is 0 Å². The lowest BCUT2D eigenvalue weighted by atomic mass is 10.6. The highest BCUT2D eigenvalue weighted by atomic mass is 32.1. The molecule has 0 atom stereocenters. The minimum Gasteiger partial charge on any atom is -0.461 e. The van der Waals surface area contributed by atoms with E-state index in [-0.39, 0.29) is 5.01 Å². The molecule has 6 nitrogen and oxygen atoms in total. The van der Waals surface area contributed by atoms with Gasteiger partial charge in [-0.1, -0.05) is 25.2 Å². The van der Waals surface area contributed by atoms with Crippen LogP contribution >= 0.6 is 11.3 Å². The van der Waals surface area contributed by atoms with Crippen LogP contribution in [0.2, 0.25) is 0 Å². The van der Waals surface area contributed by atoms with E-state index < -0.39 is 5.97 Å². The van der Waals surface area contributed by atoms with Gasteiger partial charge in [-0.05, 0) is 13.0 Å². The van der Waals surface area contributed by atoms with Crippen molar-refractivity contribution in [2.24, 2.45) is 0 Å². The second-order valence-corrected chi connectivity index (χ2v) is 3.68. The summed E-state index contributed by atoms with van der Waals surface area (Å²) in [6, 6.07) is 1.71. The summed E-state index contributed by atoms with van der Waals surface area (Å²) in [7, 11) is 0. The van der Waals surface area contributed by atoms with Gasteiger partial charge in [0.25, 0.3) is 0 Å². The fourth-order valence-electron chi connectivity index (χ4n) is 0.998. The molecule has 0 N–H and O–H groups in total. The number of aromatic nitrogens is 4. The standard InChI is InChI=1S/C9H8N4O2S.C2H6/c1-2-15-9(14)8-13-12-7(16-8)6-10-4-3-5-11-6;1-2/h3-5H,2H2,1H3;1-2H3. The quantitative estimate of drug-likeness (QED) is 0.792. The zero-order chi connectivity index (χ0) is 13.4. The summed E-state index contributed by atoms with van der Waals surface area (Å²) in [6.45, 7) is 6.05. The van der Waals surface area contributed by atoms with Crippen LogP contribution in [-0.4, -0.2) is 32.7 Å². The molecule has 2 aromatic heterocycles. The first-order valence-electron chi connectivity index (χ1n) is 5.59. The van der Waals surface area contributed by atoms with Crippen LogP contribution in [-0.2, 0) is 4.74 Å². The first-order chi connectivity index (χ1) is 8.81. The van der Waals surface area contributed by atoms with E-state index in [0.717, 1.165) is 11.3 Å². The SMILES string of the molecule is CC.CCOC(=O)c1nnc(-c2ncccn2)s1. The summed E-state index contributed by atoms with van der Waals surface area (Å²) in [6.07, 6.45) is 3.21. The first kappa shape index (κ1) is 14.2. The zero-order valence-corrected chi connectivity index (χ0v) is 11.3. The third-order valence-electron chi connectivity index (χ3n) is 1.63. The molecule has 2 heterocycles. The van der Waals surface area contributed by atoms with Crippen LogP contribution in [0.25, 0.3) is 10.8 Å². The molecule has 7 heteroatoms. The van der Waals surface area contributed by atoms with Gasteiger partial charge in [0, 0.05) is 12.4 Å². The Bertz CT molecular complexity index is 487. The van der Waals surface area contributed by atoms with Gasteiger partial charge in [-0.25, -0.2) is 14.8 Å². The Labute approximate surface area is 109 Å². The maximum absolute atomic E-state index is 11.3. The van der Waals surface area contributed by atoms with Gasteiger partial charge in [-0.2, -0.15) is 0 Å². The van der Waals surface area contributed by atoms with Crippen molar-refractivity contribution in [3.63, 3.8) is 0 Å². The van der Waals surface area contributed by atoms with Crippen molar-refractivity contribution >= 4 is 17.3 Å². The van der Waals surface area contributed by atoms with Crippen molar-refractivity contribution in [1.29, 1.82) is 0 Å². The Morgan fingerprint density at radius 3 is 2.56 bits per heavy atom. The largest absolute Gasteiger partial charge is 0.461 e.